The molecule has 1 aromatic rings. The maximum Gasteiger partial charge on any atom is 0.240 e. The van der Waals surface area contributed by atoms with Crippen molar-refractivity contribution >= 4 is 38.4 Å². The van der Waals surface area contributed by atoms with Gasteiger partial charge in [0.25, 0.3) is 0 Å². The lowest BCUT2D eigenvalue weighted by atomic mass is 10.2. The van der Waals surface area contributed by atoms with Crippen molar-refractivity contribution in [2.24, 2.45) is 0 Å². The molecule has 0 aliphatic rings. The summed E-state index contributed by atoms with van der Waals surface area (Å²) in [5.74, 6) is 0. The van der Waals surface area contributed by atoms with Crippen LogP contribution < -0.4 is 10.0 Å². The number of benzene rings is 1. The predicted octanol–water partition coefficient (Wildman–Crippen LogP) is 2.07. The topological polar surface area (TPSA) is 58.2 Å². The Morgan fingerprint density at radius 1 is 1.28 bits per heavy atom. The highest BCUT2D eigenvalue weighted by atomic mass is 79.9. The molecular weight excluding hydrogens is 340 g/mol. The van der Waals surface area contributed by atoms with Gasteiger partial charge in [-0.2, -0.15) is 0 Å². The SMILES string of the molecule is CNCCCNS(=O)(=O)c1ccc(Br)cc1C.Cl. The number of halogens is 2. The van der Waals surface area contributed by atoms with Gasteiger partial charge in [0.15, 0.2) is 0 Å². The highest BCUT2D eigenvalue weighted by molar-refractivity contribution is 9.10. The number of rotatable bonds is 6. The van der Waals surface area contributed by atoms with Crippen molar-refractivity contribution in [2.75, 3.05) is 20.1 Å². The maximum atomic E-state index is 12.0. The van der Waals surface area contributed by atoms with Crippen LogP contribution in [0.1, 0.15) is 12.0 Å². The first kappa shape index (κ1) is 17.9. The summed E-state index contributed by atoms with van der Waals surface area (Å²) in [6.45, 7) is 3.02. The van der Waals surface area contributed by atoms with Gasteiger partial charge < -0.3 is 5.32 Å². The lowest BCUT2D eigenvalue weighted by Crippen LogP contribution is -2.27. The van der Waals surface area contributed by atoms with Gasteiger partial charge in [0, 0.05) is 11.0 Å². The normalized spacial score (nSPS) is 11.1. The Kier molecular flexibility index (Phi) is 8.05. The summed E-state index contributed by atoms with van der Waals surface area (Å²) < 4.78 is 27.4. The minimum Gasteiger partial charge on any atom is -0.320 e. The molecular formula is C11H18BrClN2O2S. The van der Waals surface area contributed by atoms with Crippen LogP contribution in [0, 0.1) is 6.92 Å². The van der Waals surface area contributed by atoms with E-state index in [1.54, 1.807) is 25.1 Å². The van der Waals surface area contributed by atoms with E-state index < -0.39 is 10.0 Å². The zero-order valence-electron chi connectivity index (χ0n) is 10.4. The average molecular weight is 358 g/mol. The summed E-state index contributed by atoms with van der Waals surface area (Å²) in [6.07, 6.45) is 0.769. The van der Waals surface area contributed by atoms with E-state index in [9.17, 15) is 8.42 Å². The van der Waals surface area contributed by atoms with E-state index in [0.717, 1.165) is 23.0 Å². The summed E-state index contributed by atoms with van der Waals surface area (Å²) in [5, 5.41) is 2.97. The van der Waals surface area contributed by atoms with Crippen molar-refractivity contribution in [2.45, 2.75) is 18.2 Å². The van der Waals surface area contributed by atoms with Crippen LogP contribution in [-0.2, 0) is 10.0 Å². The fourth-order valence-electron chi connectivity index (χ4n) is 1.46. The summed E-state index contributed by atoms with van der Waals surface area (Å²) in [5.41, 5.74) is 0.737. The standard InChI is InChI=1S/C11H17BrN2O2S.ClH/c1-9-8-10(12)4-5-11(9)17(15,16)14-7-3-6-13-2;/h4-5,8,13-14H,3,6-7H2,1-2H3;1H. The first-order chi connectivity index (χ1) is 7.97. The van der Waals surface area contributed by atoms with E-state index in [4.69, 9.17) is 0 Å². The van der Waals surface area contributed by atoms with Crippen LogP contribution in [-0.4, -0.2) is 28.6 Å². The largest absolute Gasteiger partial charge is 0.320 e. The van der Waals surface area contributed by atoms with Gasteiger partial charge in [0.2, 0.25) is 10.0 Å². The molecule has 0 aliphatic carbocycles. The molecule has 0 aromatic heterocycles. The Morgan fingerprint density at radius 3 is 2.50 bits per heavy atom. The number of aryl methyl sites for hydroxylation is 1. The molecule has 7 heteroatoms. The second-order valence-electron chi connectivity index (χ2n) is 3.76. The molecule has 1 aromatic carbocycles. The molecule has 0 unspecified atom stereocenters. The summed E-state index contributed by atoms with van der Waals surface area (Å²) >= 11 is 3.31. The first-order valence-electron chi connectivity index (χ1n) is 5.38. The van der Waals surface area contributed by atoms with Crippen molar-refractivity contribution in [1.29, 1.82) is 0 Å². The molecule has 0 radical (unpaired) electrons. The van der Waals surface area contributed by atoms with Crippen molar-refractivity contribution in [1.82, 2.24) is 10.0 Å². The number of nitrogens with one attached hydrogen (secondary N) is 2. The molecule has 0 fully saturated rings. The third-order valence-corrected chi connectivity index (χ3v) is 4.44. The molecule has 18 heavy (non-hydrogen) atoms. The Balaban J connectivity index is 0.00000289. The number of sulfonamides is 1. The lowest BCUT2D eigenvalue weighted by Gasteiger charge is -2.09. The summed E-state index contributed by atoms with van der Waals surface area (Å²) in [7, 11) is -1.55. The van der Waals surface area contributed by atoms with Gasteiger partial charge in [0.05, 0.1) is 4.90 Å². The Bertz CT molecular complexity index is 480. The second-order valence-corrected chi connectivity index (χ2v) is 6.42. The van der Waals surface area contributed by atoms with E-state index in [1.165, 1.54) is 0 Å². The van der Waals surface area contributed by atoms with Gasteiger partial charge in [-0.3, -0.25) is 0 Å². The fourth-order valence-corrected chi connectivity index (χ4v) is 3.24. The molecule has 1 rings (SSSR count). The molecule has 0 amide bonds. The molecule has 0 bridgehead atoms. The minimum absolute atomic E-state index is 0. The number of hydrogen-bond acceptors (Lipinski definition) is 3. The zero-order valence-corrected chi connectivity index (χ0v) is 13.6. The quantitative estimate of drug-likeness (QED) is 0.766. The van der Waals surface area contributed by atoms with Crippen LogP contribution in [0.4, 0.5) is 0 Å². The van der Waals surface area contributed by atoms with Crippen molar-refractivity contribution in [3.8, 4) is 0 Å². The molecule has 4 nitrogen and oxygen atoms in total. The zero-order chi connectivity index (χ0) is 12.9. The monoisotopic (exact) mass is 356 g/mol. The number of hydrogen-bond donors (Lipinski definition) is 2. The molecule has 0 heterocycles. The van der Waals surface area contributed by atoms with Gasteiger partial charge >= 0.3 is 0 Å². The first-order valence-corrected chi connectivity index (χ1v) is 7.65. The van der Waals surface area contributed by atoms with E-state index in [0.29, 0.717) is 11.4 Å². The van der Waals surface area contributed by atoms with Gasteiger partial charge in [0.1, 0.15) is 0 Å². The Morgan fingerprint density at radius 2 is 1.94 bits per heavy atom. The van der Waals surface area contributed by atoms with E-state index >= 15 is 0 Å². The molecule has 0 saturated heterocycles. The molecule has 104 valence electrons. The highest BCUT2D eigenvalue weighted by Gasteiger charge is 2.15. The molecule has 0 spiro atoms. The van der Waals surface area contributed by atoms with Crippen LogP contribution in [0.3, 0.4) is 0 Å². The van der Waals surface area contributed by atoms with E-state index in [1.807, 2.05) is 7.05 Å². The summed E-state index contributed by atoms with van der Waals surface area (Å²) in [6, 6.07) is 5.14. The van der Waals surface area contributed by atoms with E-state index in [-0.39, 0.29) is 12.4 Å². The summed E-state index contributed by atoms with van der Waals surface area (Å²) in [4.78, 5) is 0.338. The van der Waals surface area contributed by atoms with Crippen molar-refractivity contribution in [3.63, 3.8) is 0 Å². The third-order valence-electron chi connectivity index (χ3n) is 2.32. The molecule has 0 atom stereocenters. The lowest BCUT2D eigenvalue weighted by molar-refractivity contribution is 0.576. The van der Waals surface area contributed by atoms with E-state index in [2.05, 4.69) is 26.0 Å². The third kappa shape index (κ3) is 5.24. The molecule has 0 aliphatic heterocycles. The average Bonchev–Trinajstić information content (AvgIpc) is 2.24. The minimum atomic E-state index is -3.39. The van der Waals surface area contributed by atoms with Crippen LogP contribution in [0.5, 0.6) is 0 Å². The molecule has 2 N–H and O–H groups in total. The van der Waals surface area contributed by atoms with Gasteiger partial charge in [-0.05, 0) is 50.7 Å². The fraction of sp³-hybridized carbons (Fsp3) is 0.455. The Labute approximate surface area is 123 Å². The second kappa shape index (κ2) is 8.12. The van der Waals surface area contributed by atoms with Crippen LogP contribution in [0.25, 0.3) is 0 Å². The predicted molar refractivity (Wildman–Crippen MR) is 79.9 cm³/mol. The van der Waals surface area contributed by atoms with Gasteiger partial charge in [-0.1, -0.05) is 15.9 Å². The van der Waals surface area contributed by atoms with Crippen molar-refractivity contribution < 1.29 is 8.42 Å². The van der Waals surface area contributed by atoms with Gasteiger partial charge in [-0.25, -0.2) is 13.1 Å². The van der Waals surface area contributed by atoms with Crippen molar-refractivity contribution in [3.05, 3.63) is 28.2 Å². The Hall–Kier alpha value is -0.140. The van der Waals surface area contributed by atoms with Crippen LogP contribution >= 0.6 is 28.3 Å². The maximum absolute atomic E-state index is 12.0. The highest BCUT2D eigenvalue weighted by Crippen LogP contribution is 2.19. The van der Waals surface area contributed by atoms with Crippen LogP contribution in [0.2, 0.25) is 0 Å². The smallest absolute Gasteiger partial charge is 0.240 e. The van der Waals surface area contributed by atoms with Gasteiger partial charge in [-0.15, -0.1) is 12.4 Å². The van der Waals surface area contributed by atoms with Crippen LogP contribution in [0.15, 0.2) is 27.6 Å². The molecule has 0 saturated carbocycles.